The number of carbonyl (C=O) groups excluding carboxylic acids is 1. The van der Waals surface area contributed by atoms with Crippen molar-refractivity contribution in [1.82, 2.24) is 14.4 Å². The van der Waals surface area contributed by atoms with E-state index in [2.05, 4.69) is 4.90 Å². The molecule has 0 amide bonds. The van der Waals surface area contributed by atoms with Gasteiger partial charge in [0, 0.05) is 45.0 Å². The maximum atomic E-state index is 13.7. The molecule has 3 heterocycles. The van der Waals surface area contributed by atoms with E-state index in [0.29, 0.717) is 12.1 Å². The van der Waals surface area contributed by atoms with Crippen molar-refractivity contribution in [2.24, 2.45) is 7.05 Å². The van der Waals surface area contributed by atoms with E-state index < -0.39 is 45.4 Å². The normalized spacial score (nSPS) is 16.2. The van der Waals surface area contributed by atoms with Crippen LogP contribution in [0.1, 0.15) is 10.4 Å². The Balaban J connectivity index is 0.00000370. The molecule has 4 N–H and O–H groups in total. The van der Waals surface area contributed by atoms with Gasteiger partial charge in [0.25, 0.3) is 0 Å². The van der Waals surface area contributed by atoms with E-state index in [0.717, 1.165) is 31.5 Å². The lowest BCUT2D eigenvalue weighted by Crippen LogP contribution is -2.52. The number of nitrogens with zero attached hydrogens (tertiary/aromatic N) is 3. The van der Waals surface area contributed by atoms with Crippen LogP contribution in [0.25, 0.3) is 33.0 Å². The maximum absolute atomic E-state index is 13.7. The number of hydrogen-bond acceptors (Lipinski definition) is 11. The van der Waals surface area contributed by atoms with E-state index in [1.807, 2.05) is 19.0 Å². The lowest BCUT2D eigenvalue weighted by molar-refractivity contribution is 0.0233. The molecule has 5 rings (SSSR count). The number of rotatable bonds is 4. The van der Waals surface area contributed by atoms with E-state index in [4.69, 9.17) is 9.15 Å². The highest BCUT2D eigenvalue weighted by molar-refractivity contribution is 6.07. The van der Waals surface area contributed by atoms with Crippen molar-refractivity contribution in [2.45, 2.75) is 6.04 Å². The van der Waals surface area contributed by atoms with E-state index in [1.165, 1.54) is 16.8 Å². The van der Waals surface area contributed by atoms with Crippen LogP contribution in [-0.2, 0) is 11.8 Å². The van der Waals surface area contributed by atoms with Crippen molar-refractivity contribution >= 4 is 40.2 Å². The number of phenols is 4. The van der Waals surface area contributed by atoms with Crippen LogP contribution in [0.15, 0.2) is 44.7 Å². The van der Waals surface area contributed by atoms with E-state index in [1.54, 1.807) is 7.05 Å². The first-order valence-corrected chi connectivity index (χ1v) is 12.1. The Morgan fingerprint density at radius 3 is 2.40 bits per heavy atom. The Labute approximate surface area is 233 Å². The summed E-state index contributed by atoms with van der Waals surface area (Å²) in [5, 5.41) is 40.3. The molecule has 13 heteroatoms. The molecule has 0 bridgehead atoms. The summed E-state index contributed by atoms with van der Waals surface area (Å²) in [6.45, 7) is 2.24. The minimum absolute atomic E-state index is 0. The van der Waals surface area contributed by atoms with Crippen molar-refractivity contribution in [2.75, 3.05) is 40.3 Å². The van der Waals surface area contributed by atoms with Crippen LogP contribution in [0.4, 0.5) is 0 Å². The average molecular weight is 574 g/mol. The number of phenolic OH excluding ortho intramolecular Hbond substituents is 4. The molecule has 0 radical (unpaired) electrons. The first-order chi connectivity index (χ1) is 18.5. The molecule has 1 aliphatic rings. The lowest BCUT2D eigenvalue weighted by atomic mass is 10.0. The number of hydrogen-bond donors (Lipinski definition) is 4. The molecule has 212 valence electrons. The summed E-state index contributed by atoms with van der Waals surface area (Å²) >= 11 is 0. The first kappa shape index (κ1) is 28.7. The Kier molecular flexibility index (Phi) is 7.70. The third kappa shape index (κ3) is 4.81. The van der Waals surface area contributed by atoms with Crippen LogP contribution in [0.2, 0.25) is 0 Å². The third-order valence-electron chi connectivity index (χ3n) is 7.19. The van der Waals surface area contributed by atoms with Gasteiger partial charge in [-0.25, -0.2) is 4.79 Å². The number of fused-ring (bicyclic) bond motifs is 2. The number of piperazine rings is 1. The second kappa shape index (κ2) is 10.7. The predicted molar refractivity (Wildman–Crippen MR) is 149 cm³/mol. The molecular weight excluding hydrogens is 546 g/mol. The number of ether oxygens (including phenoxy) is 1. The largest absolute Gasteiger partial charge is 0.504 e. The van der Waals surface area contributed by atoms with Gasteiger partial charge >= 0.3 is 5.97 Å². The van der Waals surface area contributed by atoms with Crippen LogP contribution in [0.5, 0.6) is 23.0 Å². The Hall–Kier alpha value is -4.26. The number of pyridine rings is 1. The summed E-state index contributed by atoms with van der Waals surface area (Å²) in [5.74, 6) is -3.50. The molecular formula is C27H28ClN3O9. The van der Waals surface area contributed by atoms with Gasteiger partial charge in [-0.15, -0.1) is 12.4 Å². The highest BCUT2D eigenvalue weighted by Crippen LogP contribution is 2.36. The molecule has 1 saturated heterocycles. The molecule has 1 atom stereocenters. The first-order valence-electron chi connectivity index (χ1n) is 12.1. The van der Waals surface area contributed by atoms with Gasteiger partial charge < -0.3 is 39.0 Å². The second-order valence-corrected chi connectivity index (χ2v) is 9.81. The molecule has 1 fully saturated rings. The minimum atomic E-state index is -1.04. The number of halogens is 1. The lowest BCUT2D eigenvalue weighted by Gasteiger charge is -2.37. The number of likely N-dealkylation sites (N-methyl/N-ethyl adjacent to an activating group) is 2. The molecule has 0 saturated carbocycles. The summed E-state index contributed by atoms with van der Waals surface area (Å²) in [7, 11) is 5.43. The average Bonchev–Trinajstić information content (AvgIpc) is 2.89. The van der Waals surface area contributed by atoms with Gasteiger partial charge in [-0.05, 0) is 20.2 Å². The van der Waals surface area contributed by atoms with Crippen LogP contribution >= 0.6 is 12.4 Å². The molecule has 1 aliphatic heterocycles. The van der Waals surface area contributed by atoms with Gasteiger partial charge in [0.15, 0.2) is 28.4 Å². The van der Waals surface area contributed by atoms with Gasteiger partial charge in [-0.1, -0.05) is 0 Å². The Morgan fingerprint density at radius 1 is 0.975 bits per heavy atom. The zero-order valence-electron chi connectivity index (χ0n) is 21.9. The highest BCUT2D eigenvalue weighted by Gasteiger charge is 2.29. The molecule has 1 unspecified atom stereocenters. The van der Waals surface area contributed by atoms with Crippen LogP contribution in [0.3, 0.4) is 0 Å². The van der Waals surface area contributed by atoms with Crippen molar-refractivity contribution in [3.63, 3.8) is 0 Å². The van der Waals surface area contributed by atoms with Crippen LogP contribution in [-0.4, -0.2) is 87.1 Å². The monoisotopic (exact) mass is 573 g/mol. The molecule has 4 aromatic rings. The number of aromatic hydroxyl groups is 4. The van der Waals surface area contributed by atoms with Crippen molar-refractivity contribution < 1.29 is 34.4 Å². The molecule has 2 aromatic carbocycles. The number of aromatic nitrogens is 1. The van der Waals surface area contributed by atoms with E-state index >= 15 is 0 Å². The Bertz CT molecular complexity index is 1770. The summed E-state index contributed by atoms with van der Waals surface area (Å²) < 4.78 is 12.5. The zero-order valence-corrected chi connectivity index (χ0v) is 22.7. The van der Waals surface area contributed by atoms with Gasteiger partial charge in [-0.2, -0.15) is 0 Å². The number of esters is 1. The quantitative estimate of drug-likeness (QED) is 0.208. The van der Waals surface area contributed by atoms with Gasteiger partial charge in [0.05, 0.1) is 33.5 Å². The molecule has 12 nitrogen and oxygen atoms in total. The van der Waals surface area contributed by atoms with Crippen molar-refractivity contribution in [3.05, 3.63) is 56.7 Å². The second-order valence-electron chi connectivity index (χ2n) is 9.81. The smallest absolute Gasteiger partial charge is 0.343 e. The maximum Gasteiger partial charge on any atom is 0.343 e. The van der Waals surface area contributed by atoms with Crippen LogP contribution in [0, 0.1) is 0 Å². The van der Waals surface area contributed by atoms with E-state index in [-0.39, 0.29) is 52.5 Å². The molecule has 40 heavy (non-hydrogen) atoms. The summed E-state index contributed by atoms with van der Waals surface area (Å²) in [6.07, 6.45) is 2.37. The number of aryl methyl sites for hydroxylation is 1. The number of carbonyl (C=O) groups is 1. The standard InChI is InChI=1S/C27H27N3O9.ClH/c1-28-4-5-29(2)13(9-28)11-39-27(37)23-22-21(8-20(33)26(23)36)38-12-16(25(22)35)15-10-30(3)17-7-19(32)18(31)6-14(17)24(15)34;/h6-8,10,12-13,31-33,36H,4-5,9,11H2,1-3H3;1H. The van der Waals surface area contributed by atoms with Crippen LogP contribution < -0.4 is 10.9 Å². The minimum Gasteiger partial charge on any atom is -0.504 e. The topological polar surface area (TPSA) is 166 Å². The third-order valence-corrected chi connectivity index (χ3v) is 7.19. The predicted octanol–water partition coefficient (Wildman–Crippen LogP) is 1.96. The number of benzene rings is 2. The fourth-order valence-electron chi connectivity index (χ4n) is 4.87. The molecule has 0 spiro atoms. The summed E-state index contributed by atoms with van der Waals surface area (Å²) in [4.78, 5) is 44.4. The van der Waals surface area contributed by atoms with Gasteiger partial charge in [-0.3, -0.25) is 14.5 Å². The fraction of sp³-hybridized carbons (Fsp3) is 0.296. The fourth-order valence-corrected chi connectivity index (χ4v) is 4.87. The SMILES string of the molecule is CN1CCN(C)C(COC(=O)c2c(O)c(O)cc3occ(-c4cn(C)c5cc(O)c(O)cc5c4=O)c(=O)c23)C1.Cl. The summed E-state index contributed by atoms with van der Waals surface area (Å²) in [5.41, 5.74) is -2.24. The van der Waals surface area contributed by atoms with Gasteiger partial charge in [0.2, 0.25) is 5.43 Å². The zero-order chi connectivity index (χ0) is 28.2. The summed E-state index contributed by atoms with van der Waals surface area (Å²) in [6, 6.07) is 3.18. The highest BCUT2D eigenvalue weighted by atomic mass is 35.5. The van der Waals surface area contributed by atoms with Crippen molar-refractivity contribution in [1.29, 1.82) is 0 Å². The molecule has 0 aliphatic carbocycles. The molecule has 2 aromatic heterocycles. The van der Waals surface area contributed by atoms with Crippen molar-refractivity contribution in [3.8, 4) is 34.1 Å². The van der Waals surface area contributed by atoms with Gasteiger partial charge in [0.1, 0.15) is 24.0 Å². The Morgan fingerprint density at radius 2 is 1.68 bits per heavy atom. The van der Waals surface area contributed by atoms with E-state index in [9.17, 15) is 34.8 Å².